The van der Waals surface area contributed by atoms with Gasteiger partial charge in [-0.3, -0.25) is 0 Å². The molecule has 630 valence electrons. The molecule has 0 atom stereocenters. The van der Waals surface area contributed by atoms with Gasteiger partial charge in [-0.1, -0.05) is 370 Å². The number of hydrogen-bond acceptors (Lipinski definition) is 12. The summed E-state index contributed by atoms with van der Waals surface area (Å²) in [6.07, 6.45) is 0. The molecule has 6 aromatic heterocycles. The minimum atomic E-state index is -0.849. The molecule has 16 heteroatoms. The van der Waals surface area contributed by atoms with Gasteiger partial charge < -0.3 is 18.4 Å². The quantitative estimate of drug-likeness (QED) is 0.0667. The van der Waals surface area contributed by atoms with E-state index in [9.17, 15) is 0 Å². The Bertz CT molecular complexity index is 8880. The van der Waals surface area contributed by atoms with Crippen LogP contribution in [0.1, 0.15) is 55.1 Å². The van der Waals surface area contributed by atoms with Crippen LogP contribution in [0, 0.1) is 0 Å². The van der Waals surface area contributed by atoms with Crippen LogP contribution in [0.25, 0.3) is 202 Å². The molecule has 0 amide bonds. The highest BCUT2D eigenvalue weighted by Crippen LogP contribution is 2.46. The average molecular weight is 1740 g/mol. The molecule has 22 aromatic rings. The maximum Gasteiger partial charge on any atom is 0.494 e. The summed E-state index contributed by atoms with van der Waals surface area (Å²) >= 11 is 6.03. The number of fused-ring (bicyclic) bond motifs is 6. The fraction of sp³-hybridized carbons (Fsp3) is 0.0517. The number of aromatic nitrogens is 12. The summed E-state index contributed by atoms with van der Waals surface area (Å²) in [7, 11) is -0.849. The normalized spacial score (nSPS) is 14.8. The Morgan fingerprint density at radius 3 is 0.909 bits per heavy atom. The van der Waals surface area contributed by atoms with Gasteiger partial charge in [0.1, 0.15) is 0 Å². The highest BCUT2D eigenvalue weighted by atomic mass is 35.5. The zero-order valence-corrected chi connectivity index (χ0v) is 71.9. The fourth-order valence-electron chi connectivity index (χ4n) is 16.3. The van der Waals surface area contributed by atoms with E-state index in [0.29, 0.717) is 50.7 Å². The van der Waals surface area contributed by atoms with E-state index in [1.807, 2.05) is 289 Å². The number of rotatable bonds is 16. The van der Waals surface area contributed by atoms with Gasteiger partial charge in [-0.2, -0.15) is 0 Å². The molecule has 0 aliphatic carbocycles. The SMILES string of the molecule is Clc1nc(-c2ccccc2)cc(-c2ccccc2)n1.[2H]c1c([2H])c([2H])c(-c2nc(-c3cc(-c4nc(-c5ccccc5)cc(-c5ccccc5)n4)ccc3-n3c4ccccc4c4c(-c5ccccc5)cccc43)nc(-c3c([2H])c([2H])c([2H])c([2H])c3[2H])n2)c([2H])c1[2H].[2H]c1c([2H])c([2H])c(-c2nc(-c3cc(B4OC(C)(C)C(C)(C)O4)ccc3-n3c4ccccc4c4c(-c5ccccc5)cccc43)nc(-c3c([2H])c([2H])c([2H])c([2H])c3[2H])n2)c([2H])c1[2H]. The third-order valence-corrected chi connectivity index (χ3v) is 23.4. The second kappa shape index (κ2) is 36.0. The molecule has 23 rings (SSSR count). The molecule has 1 saturated heterocycles. The number of nitrogens with zero attached hydrogens (tertiary/aromatic N) is 12. The average Bonchev–Trinajstić information content (AvgIpc) is 1.57. The molecule has 0 radical (unpaired) electrons. The molecule has 0 N–H and O–H groups in total. The van der Waals surface area contributed by atoms with Crippen LogP contribution in [0.3, 0.4) is 0 Å². The van der Waals surface area contributed by atoms with Gasteiger partial charge in [0, 0.05) is 82.7 Å². The Kier molecular flexibility index (Phi) is 17.1. The molecular formula is C116H84BClN12O2. The van der Waals surface area contributed by atoms with Crippen LogP contribution >= 0.6 is 11.6 Å². The topological polar surface area (TPSA) is 157 Å². The summed E-state index contributed by atoms with van der Waals surface area (Å²) in [6.45, 7) is 7.76. The van der Waals surface area contributed by atoms with Gasteiger partial charge in [0.15, 0.2) is 40.8 Å². The van der Waals surface area contributed by atoms with Crippen molar-refractivity contribution >= 4 is 67.8 Å². The van der Waals surface area contributed by atoms with Crippen LogP contribution in [-0.4, -0.2) is 77.3 Å². The molecule has 1 fully saturated rings. The van der Waals surface area contributed by atoms with Crippen molar-refractivity contribution in [3.8, 4) is 158 Å². The molecule has 0 spiro atoms. The van der Waals surface area contributed by atoms with Crippen LogP contribution in [0.15, 0.2) is 436 Å². The molecule has 1 aliphatic rings. The molecule has 0 saturated carbocycles. The Hall–Kier alpha value is -16.4. The smallest absolute Gasteiger partial charge is 0.399 e. The van der Waals surface area contributed by atoms with Crippen molar-refractivity contribution < 1.29 is 36.7 Å². The lowest BCUT2D eigenvalue weighted by Gasteiger charge is -2.32. The number of hydrogen-bond donors (Lipinski definition) is 0. The maximum absolute atomic E-state index is 9.01. The lowest BCUT2D eigenvalue weighted by Crippen LogP contribution is -2.41. The minimum Gasteiger partial charge on any atom is -0.399 e. The molecule has 14 nitrogen and oxygen atoms in total. The van der Waals surface area contributed by atoms with Crippen molar-refractivity contribution in [2.45, 2.75) is 38.9 Å². The van der Waals surface area contributed by atoms with Crippen LogP contribution in [0.4, 0.5) is 0 Å². The van der Waals surface area contributed by atoms with Gasteiger partial charge in [0.05, 0.1) is 94.8 Å². The molecule has 7 heterocycles. The first kappa shape index (κ1) is 62.7. The zero-order valence-electron chi connectivity index (χ0n) is 91.2. The van der Waals surface area contributed by atoms with Gasteiger partial charge in [-0.25, -0.2) is 49.8 Å². The summed E-state index contributed by atoms with van der Waals surface area (Å²) in [5.74, 6) is -1.34. The largest absolute Gasteiger partial charge is 0.494 e. The van der Waals surface area contributed by atoms with Crippen molar-refractivity contribution in [3.05, 3.63) is 442 Å². The number of benzene rings is 16. The first-order chi connectivity index (χ1) is 73.1. The van der Waals surface area contributed by atoms with Crippen molar-refractivity contribution in [1.29, 1.82) is 0 Å². The fourth-order valence-corrected chi connectivity index (χ4v) is 16.5. The van der Waals surface area contributed by atoms with Crippen molar-refractivity contribution in [2.75, 3.05) is 0 Å². The maximum atomic E-state index is 9.01. The van der Waals surface area contributed by atoms with Gasteiger partial charge in [0.2, 0.25) is 5.28 Å². The van der Waals surface area contributed by atoms with Gasteiger partial charge in [-0.15, -0.1) is 0 Å². The molecule has 16 aromatic carbocycles. The van der Waals surface area contributed by atoms with Crippen LogP contribution in [0.5, 0.6) is 0 Å². The standard InChI is InChI=1S/C55H36N6.C45H37BN4O2.C16H11ClN2/c1-6-19-37(20-7-1)43-30-18-32-50-51(43)44-29-16-17-31-48(44)61(50)49-34-33-42(54-56-46(38-21-8-2-9-22-38)36-47(57-54)39-23-10-3-11-24-39)35-45(49)55-59-52(40-25-12-4-13-26-40)58-53(60-55)41-27-14-5-15-28-41;1-44(2)45(3,4)52-46(51-44)33-27-28-38(50-37-25-15-14-23-35(37)40-34(24-16-26-39(40)50)30-17-8-5-9-18-30)36(29-33)43-48-41(31-19-10-6-11-20-31)47-42(49-43)32-21-12-7-13-22-32;17-16-18-14(12-7-3-1-4-8-12)11-15(19-16)13-9-5-2-6-10-13/h1-36H;5-29H,1-4H3;1-11H/i4D,5D,12D,13D,14D,15D,25D,26D,27D,28D;6D,7D,10D,11D,12D,13D,19D,20D,21D,22D;. The lowest BCUT2D eigenvalue weighted by molar-refractivity contribution is 0.00578. The molecule has 1 aliphatic heterocycles. The second-order valence-corrected chi connectivity index (χ2v) is 32.2. The summed E-state index contributed by atoms with van der Waals surface area (Å²) < 4.78 is 190. The molecule has 0 bridgehead atoms. The molecule has 0 unspecified atom stereocenters. The number of para-hydroxylation sites is 2. The van der Waals surface area contributed by atoms with Crippen LogP contribution < -0.4 is 5.46 Å². The van der Waals surface area contributed by atoms with Crippen molar-refractivity contribution in [2.24, 2.45) is 0 Å². The third-order valence-electron chi connectivity index (χ3n) is 23.2. The Labute approximate surface area is 798 Å². The lowest BCUT2D eigenvalue weighted by atomic mass is 9.78. The highest BCUT2D eigenvalue weighted by Gasteiger charge is 2.52. The minimum absolute atomic E-state index is 0.0814. The molecule has 132 heavy (non-hydrogen) atoms. The third kappa shape index (κ3) is 16.6. The first-order valence-corrected chi connectivity index (χ1v) is 42.8. The Balaban J connectivity index is 0.000000151. The van der Waals surface area contributed by atoms with E-state index < -0.39 is 139 Å². The Morgan fingerprint density at radius 2 is 0.545 bits per heavy atom. The zero-order chi connectivity index (χ0) is 106. The number of halogens is 1. The van der Waals surface area contributed by atoms with Gasteiger partial charge in [0.25, 0.3) is 0 Å². The van der Waals surface area contributed by atoms with E-state index in [2.05, 4.69) is 77.6 Å². The van der Waals surface area contributed by atoms with E-state index in [0.717, 1.165) is 99.5 Å². The summed E-state index contributed by atoms with van der Waals surface area (Å²) in [5.41, 5.74) is 14.1. The van der Waals surface area contributed by atoms with E-state index in [-0.39, 0.29) is 62.5 Å². The summed E-state index contributed by atoms with van der Waals surface area (Å²) in [4.78, 5) is 47.4. The predicted molar refractivity (Wildman–Crippen MR) is 537 cm³/mol. The summed E-state index contributed by atoms with van der Waals surface area (Å²) in [5, 5.41) is 4.11. The van der Waals surface area contributed by atoms with E-state index in [4.69, 9.17) is 78.2 Å². The first-order valence-electron chi connectivity index (χ1n) is 52.4. The van der Waals surface area contributed by atoms with Crippen molar-refractivity contribution in [3.63, 3.8) is 0 Å². The van der Waals surface area contributed by atoms with E-state index >= 15 is 0 Å². The van der Waals surface area contributed by atoms with E-state index in [1.165, 1.54) is 0 Å². The monoisotopic (exact) mass is 1740 g/mol. The summed E-state index contributed by atoms with van der Waals surface area (Å²) in [6, 6.07) is 90.2. The Morgan fingerprint density at radius 1 is 0.250 bits per heavy atom. The second-order valence-electron chi connectivity index (χ2n) is 31.9. The van der Waals surface area contributed by atoms with Gasteiger partial charge in [-0.05, 0) is 134 Å². The van der Waals surface area contributed by atoms with Crippen molar-refractivity contribution in [1.82, 2.24) is 59.0 Å². The van der Waals surface area contributed by atoms with Crippen LogP contribution in [0.2, 0.25) is 5.28 Å². The van der Waals surface area contributed by atoms with Gasteiger partial charge >= 0.3 is 7.12 Å². The van der Waals surface area contributed by atoms with E-state index in [1.54, 1.807) is 6.07 Å². The molecular weight excluding hydrogens is 1640 g/mol. The van der Waals surface area contributed by atoms with Crippen LogP contribution in [-0.2, 0) is 9.31 Å². The predicted octanol–water partition coefficient (Wildman–Crippen LogP) is 27.8. The highest BCUT2D eigenvalue weighted by molar-refractivity contribution is 6.62.